The van der Waals surface area contributed by atoms with Gasteiger partial charge in [0.05, 0.1) is 17.1 Å². The third-order valence-electron chi connectivity index (χ3n) is 2.80. The molecule has 0 amide bonds. The van der Waals surface area contributed by atoms with Crippen LogP contribution in [0.1, 0.15) is 23.7 Å². The summed E-state index contributed by atoms with van der Waals surface area (Å²) in [7, 11) is -3.10. The number of aldehydes is 1. The van der Waals surface area contributed by atoms with Crippen LogP contribution in [0, 0.1) is 0 Å². The third-order valence-corrected chi connectivity index (χ3v) is 4.62. The fraction of sp³-hybridized carbons (Fsp3) is 0.462. The Morgan fingerprint density at radius 2 is 1.95 bits per heavy atom. The molecule has 0 atom stereocenters. The number of rotatable bonds is 7. The molecular weight excluding hydrogens is 284 g/mol. The minimum atomic E-state index is -3.10. The van der Waals surface area contributed by atoms with Gasteiger partial charge in [0.2, 0.25) is 6.79 Å². The highest BCUT2D eigenvalue weighted by Gasteiger charge is 2.18. The zero-order valence-electron chi connectivity index (χ0n) is 11.1. The van der Waals surface area contributed by atoms with E-state index in [0.29, 0.717) is 35.5 Å². The normalized spacial score (nSPS) is 13.2. The molecule has 0 spiro atoms. The molecule has 0 fully saturated rings. The Kier molecular flexibility index (Phi) is 4.49. The van der Waals surface area contributed by atoms with Gasteiger partial charge in [0, 0.05) is 6.07 Å². The summed E-state index contributed by atoms with van der Waals surface area (Å²) in [6, 6.07) is 3.06. The van der Waals surface area contributed by atoms with Gasteiger partial charge in [-0.3, -0.25) is 4.79 Å². The van der Waals surface area contributed by atoms with E-state index in [9.17, 15) is 13.2 Å². The van der Waals surface area contributed by atoms with Crippen molar-refractivity contribution in [3.05, 3.63) is 17.7 Å². The topological polar surface area (TPSA) is 78.9 Å². The molecule has 110 valence electrons. The Morgan fingerprint density at radius 1 is 1.25 bits per heavy atom. The van der Waals surface area contributed by atoms with Crippen molar-refractivity contribution in [3.8, 4) is 17.2 Å². The lowest BCUT2D eigenvalue weighted by Crippen LogP contribution is -2.17. The number of carbonyl (C=O) groups excluding carboxylic acids is 1. The standard InChI is InChI=1S/C13H16O6S/c1-2-4-20(15,16)5-3-17-11-7-13-12(18-9-19-13)6-10(11)8-14/h6-8H,2-5,9H2,1H3. The van der Waals surface area contributed by atoms with Crippen molar-refractivity contribution < 1.29 is 27.4 Å². The van der Waals surface area contributed by atoms with Gasteiger partial charge >= 0.3 is 0 Å². The van der Waals surface area contributed by atoms with Crippen LogP contribution in [0.15, 0.2) is 12.1 Å². The molecule has 0 radical (unpaired) electrons. The predicted octanol–water partition coefficient (Wildman–Crippen LogP) is 1.43. The van der Waals surface area contributed by atoms with Crippen LogP contribution in [0.4, 0.5) is 0 Å². The summed E-state index contributed by atoms with van der Waals surface area (Å²) >= 11 is 0. The maximum absolute atomic E-state index is 11.6. The molecule has 1 aromatic rings. The molecule has 1 aliphatic heterocycles. The molecule has 1 aromatic carbocycles. The zero-order chi connectivity index (χ0) is 14.6. The van der Waals surface area contributed by atoms with Crippen LogP contribution >= 0.6 is 0 Å². The summed E-state index contributed by atoms with van der Waals surface area (Å²) in [6.07, 6.45) is 1.21. The van der Waals surface area contributed by atoms with Gasteiger partial charge in [0.25, 0.3) is 0 Å². The van der Waals surface area contributed by atoms with Crippen molar-refractivity contribution in [3.63, 3.8) is 0 Å². The van der Waals surface area contributed by atoms with Crippen molar-refractivity contribution >= 4 is 16.1 Å². The van der Waals surface area contributed by atoms with Crippen molar-refractivity contribution in [1.82, 2.24) is 0 Å². The second kappa shape index (κ2) is 6.13. The van der Waals surface area contributed by atoms with E-state index in [1.807, 2.05) is 0 Å². The van der Waals surface area contributed by atoms with Crippen LogP contribution in [-0.2, 0) is 9.84 Å². The second-order valence-electron chi connectivity index (χ2n) is 4.36. The molecule has 1 aliphatic rings. The lowest BCUT2D eigenvalue weighted by molar-refractivity contribution is 0.111. The van der Waals surface area contributed by atoms with Crippen molar-refractivity contribution in [2.75, 3.05) is 24.9 Å². The van der Waals surface area contributed by atoms with Crippen LogP contribution in [0.5, 0.6) is 17.2 Å². The van der Waals surface area contributed by atoms with Crippen molar-refractivity contribution in [1.29, 1.82) is 0 Å². The molecule has 0 unspecified atom stereocenters. The Balaban J connectivity index is 2.04. The summed E-state index contributed by atoms with van der Waals surface area (Å²) in [5.41, 5.74) is 0.308. The SMILES string of the molecule is CCCS(=O)(=O)CCOc1cc2c(cc1C=O)OCO2. The van der Waals surface area contributed by atoms with E-state index < -0.39 is 9.84 Å². The molecule has 0 aliphatic carbocycles. The van der Waals surface area contributed by atoms with Crippen LogP contribution in [0.2, 0.25) is 0 Å². The highest BCUT2D eigenvalue weighted by molar-refractivity contribution is 7.91. The fourth-order valence-electron chi connectivity index (χ4n) is 1.85. The lowest BCUT2D eigenvalue weighted by atomic mass is 10.2. The first kappa shape index (κ1) is 14.6. The van der Waals surface area contributed by atoms with Gasteiger partial charge in [0.1, 0.15) is 12.4 Å². The first-order chi connectivity index (χ1) is 9.55. The molecular formula is C13H16O6S. The lowest BCUT2D eigenvalue weighted by Gasteiger charge is -2.09. The Morgan fingerprint density at radius 3 is 2.60 bits per heavy atom. The van der Waals surface area contributed by atoms with E-state index in [2.05, 4.69) is 0 Å². The molecule has 20 heavy (non-hydrogen) atoms. The first-order valence-electron chi connectivity index (χ1n) is 6.28. The number of sulfone groups is 1. The van der Waals surface area contributed by atoms with Crippen molar-refractivity contribution in [2.24, 2.45) is 0 Å². The molecule has 0 saturated carbocycles. The van der Waals surface area contributed by atoms with Crippen LogP contribution in [-0.4, -0.2) is 39.6 Å². The highest BCUT2D eigenvalue weighted by atomic mass is 32.2. The smallest absolute Gasteiger partial charge is 0.231 e. The van der Waals surface area contributed by atoms with Gasteiger partial charge in [0.15, 0.2) is 27.6 Å². The van der Waals surface area contributed by atoms with Gasteiger partial charge < -0.3 is 14.2 Å². The number of fused-ring (bicyclic) bond motifs is 1. The van der Waals surface area contributed by atoms with Crippen molar-refractivity contribution in [2.45, 2.75) is 13.3 Å². The Bertz CT molecular complexity index is 593. The van der Waals surface area contributed by atoms with Gasteiger partial charge in [-0.25, -0.2) is 8.42 Å². The summed E-state index contributed by atoms with van der Waals surface area (Å²) in [5.74, 6) is 1.34. The Hall–Kier alpha value is -1.76. The summed E-state index contributed by atoms with van der Waals surface area (Å²) in [4.78, 5) is 11.0. The van der Waals surface area contributed by atoms with Crippen LogP contribution in [0.3, 0.4) is 0 Å². The first-order valence-corrected chi connectivity index (χ1v) is 8.10. The monoisotopic (exact) mass is 300 g/mol. The Labute approximate surface area is 117 Å². The second-order valence-corrected chi connectivity index (χ2v) is 6.67. The zero-order valence-corrected chi connectivity index (χ0v) is 11.9. The van der Waals surface area contributed by atoms with E-state index in [1.165, 1.54) is 6.07 Å². The van der Waals surface area contributed by atoms with E-state index in [0.717, 1.165) is 0 Å². The molecule has 0 N–H and O–H groups in total. The number of benzene rings is 1. The molecule has 0 saturated heterocycles. The number of hydrogen-bond donors (Lipinski definition) is 0. The summed E-state index contributed by atoms with van der Waals surface area (Å²) < 4.78 is 38.9. The molecule has 2 rings (SSSR count). The summed E-state index contributed by atoms with van der Waals surface area (Å²) in [5, 5.41) is 0. The molecule has 1 heterocycles. The van der Waals surface area contributed by atoms with E-state index in [1.54, 1.807) is 13.0 Å². The number of carbonyl (C=O) groups is 1. The highest BCUT2D eigenvalue weighted by Crippen LogP contribution is 2.37. The van der Waals surface area contributed by atoms with Crippen LogP contribution in [0.25, 0.3) is 0 Å². The quantitative estimate of drug-likeness (QED) is 0.709. The number of hydrogen-bond acceptors (Lipinski definition) is 6. The van der Waals surface area contributed by atoms with Gasteiger partial charge in [-0.1, -0.05) is 6.92 Å². The molecule has 7 heteroatoms. The third kappa shape index (κ3) is 3.41. The predicted molar refractivity (Wildman–Crippen MR) is 72.4 cm³/mol. The van der Waals surface area contributed by atoms with Gasteiger partial charge in [-0.05, 0) is 12.5 Å². The van der Waals surface area contributed by atoms with Crippen LogP contribution < -0.4 is 14.2 Å². The van der Waals surface area contributed by atoms with E-state index >= 15 is 0 Å². The number of ether oxygens (including phenoxy) is 3. The van der Waals surface area contributed by atoms with E-state index in [-0.39, 0.29) is 24.9 Å². The van der Waals surface area contributed by atoms with Gasteiger partial charge in [-0.15, -0.1) is 0 Å². The fourth-order valence-corrected chi connectivity index (χ4v) is 3.01. The van der Waals surface area contributed by atoms with E-state index in [4.69, 9.17) is 14.2 Å². The minimum Gasteiger partial charge on any atom is -0.492 e. The average molecular weight is 300 g/mol. The van der Waals surface area contributed by atoms with Gasteiger partial charge in [-0.2, -0.15) is 0 Å². The summed E-state index contributed by atoms with van der Waals surface area (Å²) in [6.45, 7) is 1.91. The molecule has 0 bridgehead atoms. The maximum Gasteiger partial charge on any atom is 0.231 e. The maximum atomic E-state index is 11.6. The molecule has 0 aromatic heterocycles. The minimum absolute atomic E-state index is 0.00279. The molecule has 6 nitrogen and oxygen atoms in total. The average Bonchev–Trinajstić information content (AvgIpc) is 2.84. The largest absolute Gasteiger partial charge is 0.492 e.